The van der Waals surface area contributed by atoms with Crippen LogP contribution in [-0.4, -0.2) is 47.0 Å². The first-order valence-corrected chi connectivity index (χ1v) is 9.03. The average Bonchev–Trinajstić information content (AvgIpc) is 2.67. The van der Waals surface area contributed by atoms with Crippen molar-refractivity contribution in [2.75, 3.05) is 24.8 Å². The van der Waals surface area contributed by atoms with Gasteiger partial charge in [0.05, 0.1) is 12.0 Å². The molecule has 1 aromatic rings. The molecule has 0 fully saturated rings. The van der Waals surface area contributed by atoms with E-state index in [4.69, 9.17) is 0 Å². The topological polar surface area (TPSA) is 153 Å². The molecule has 1 aromatic heterocycles. The molecule has 0 aliphatic carbocycles. The lowest BCUT2D eigenvalue weighted by molar-refractivity contribution is -0.385. The fourth-order valence-corrected chi connectivity index (χ4v) is 2.31. The summed E-state index contributed by atoms with van der Waals surface area (Å²) in [5, 5.41) is 13.2. The average molecular weight is 399 g/mol. The zero-order valence-electron chi connectivity index (χ0n) is 14.7. The van der Waals surface area contributed by atoms with E-state index in [-0.39, 0.29) is 24.4 Å². The summed E-state index contributed by atoms with van der Waals surface area (Å²) in [4.78, 5) is 50.4. The van der Waals surface area contributed by atoms with Crippen molar-refractivity contribution >= 4 is 41.1 Å². The van der Waals surface area contributed by atoms with Crippen LogP contribution in [0.1, 0.15) is 25.7 Å². The van der Waals surface area contributed by atoms with Gasteiger partial charge in [0.1, 0.15) is 12.0 Å². The molecule has 148 valence electrons. The molecule has 0 unspecified atom stereocenters. The number of carbonyl (C=O) groups excluding carboxylic acids is 3. The number of hydrazine groups is 1. The third kappa shape index (κ3) is 9.51. The van der Waals surface area contributed by atoms with Crippen LogP contribution < -0.4 is 15.6 Å². The van der Waals surface area contributed by atoms with Gasteiger partial charge < -0.3 is 10.1 Å². The Labute approximate surface area is 159 Å². The lowest BCUT2D eigenvalue weighted by Crippen LogP contribution is -2.27. The van der Waals surface area contributed by atoms with E-state index in [0.717, 1.165) is 13.3 Å². The van der Waals surface area contributed by atoms with Gasteiger partial charge in [-0.25, -0.2) is 9.78 Å². The van der Waals surface area contributed by atoms with Crippen LogP contribution in [-0.2, 0) is 19.1 Å². The van der Waals surface area contributed by atoms with Gasteiger partial charge >= 0.3 is 5.97 Å². The van der Waals surface area contributed by atoms with Gasteiger partial charge in [0.2, 0.25) is 11.7 Å². The molecule has 0 spiro atoms. The first-order valence-electron chi connectivity index (χ1n) is 8.05. The van der Waals surface area contributed by atoms with Crippen LogP contribution >= 0.6 is 11.9 Å². The second-order valence-electron chi connectivity index (χ2n) is 5.21. The molecule has 0 radical (unpaired) electrons. The molecule has 27 heavy (non-hydrogen) atoms. The van der Waals surface area contributed by atoms with E-state index in [1.165, 1.54) is 24.1 Å². The Morgan fingerprint density at radius 3 is 2.63 bits per heavy atom. The fourth-order valence-electron chi connectivity index (χ4n) is 1.82. The number of rotatable bonds is 13. The SMILES string of the molecule is COC(=O)C(=O)CCCCC(=O)NCCSNNc1ccc([N+](=O)[O-])cn1. The maximum absolute atomic E-state index is 11.6. The number of esters is 1. The molecular formula is C15H21N5O6S. The van der Waals surface area contributed by atoms with Crippen molar-refractivity contribution in [2.45, 2.75) is 25.7 Å². The monoisotopic (exact) mass is 399 g/mol. The number of nitrogens with one attached hydrogen (secondary N) is 3. The van der Waals surface area contributed by atoms with Crippen LogP contribution in [0.25, 0.3) is 0 Å². The van der Waals surface area contributed by atoms with Gasteiger partial charge in [0.25, 0.3) is 5.69 Å². The second kappa shape index (κ2) is 12.6. The number of carbonyl (C=O) groups is 3. The van der Waals surface area contributed by atoms with Crippen LogP contribution in [0.2, 0.25) is 0 Å². The van der Waals surface area contributed by atoms with Gasteiger partial charge in [-0.15, -0.1) is 0 Å². The minimum Gasteiger partial charge on any atom is -0.463 e. The normalized spacial score (nSPS) is 10.1. The number of ketones is 1. The molecular weight excluding hydrogens is 378 g/mol. The van der Waals surface area contributed by atoms with Crippen LogP contribution in [0, 0.1) is 10.1 Å². The molecule has 0 aliphatic heterocycles. The highest BCUT2D eigenvalue weighted by atomic mass is 32.2. The summed E-state index contributed by atoms with van der Waals surface area (Å²) >= 11 is 1.29. The number of hydrogen-bond acceptors (Lipinski definition) is 10. The third-order valence-electron chi connectivity index (χ3n) is 3.21. The number of ether oxygens (including phenoxy) is 1. The number of amides is 1. The molecule has 0 saturated carbocycles. The number of methoxy groups -OCH3 is 1. The number of pyridine rings is 1. The number of aromatic nitrogens is 1. The van der Waals surface area contributed by atoms with Crippen LogP contribution in [0.4, 0.5) is 11.5 Å². The summed E-state index contributed by atoms with van der Waals surface area (Å²) in [6, 6.07) is 2.80. The lowest BCUT2D eigenvalue weighted by Gasteiger charge is -2.07. The largest absolute Gasteiger partial charge is 0.463 e. The summed E-state index contributed by atoms with van der Waals surface area (Å²) < 4.78 is 4.31. The predicted molar refractivity (Wildman–Crippen MR) is 98.6 cm³/mol. The first kappa shape index (κ1) is 22.3. The van der Waals surface area contributed by atoms with Gasteiger partial charge in [-0.3, -0.25) is 25.1 Å². The Kier molecular flexibility index (Phi) is 10.4. The fraction of sp³-hybridized carbons (Fsp3) is 0.467. The lowest BCUT2D eigenvalue weighted by atomic mass is 10.1. The third-order valence-corrected chi connectivity index (χ3v) is 3.86. The first-order chi connectivity index (χ1) is 12.9. The molecule has 1 amide bonds. The van der Waals surface area contributed by atoms with E-state index >= 15 is 0 Å². The maximum Gasteiger partial charge on any atom is 0.374 e. The highest BCUT2D eigenvalue weighted by Gasteiger charge is 2.13. The molecule has 3 N–H and O–H groups in total. The summed E-state index contributed by atoms with van der Waals surface area (Å²) in [7, 11) is 1.15. The van der Waals surface area contributed by atoms with E-state index in [1.54, 1.807) is 0 Å². The molecule has 0 aromatic carbocycles. The van der Waals surface area contributed by atoms with Crippen LogP contribution in [0.5, 0.6) is 0 Å². The quantitative estimate of drug-likeness (QED) is 0.109. The molecule has 11 nitrogen and oxygen atoms in total. The van der Waals surface area contributed by atoms with Crippen molar-refractivity contribution in [3.63, 3.8) is 0 Å². The molecule has 1 rings (SSSR count). The zero-order valence-corrected chi connectivity index (χ0v) is 15.5. The Morgan fingerprint density at radius 2 is 2.00 bits per heavy atom. The highest BCUT2D eigenvalue weighted by molar-refractivity contribution is 7.97. The van der Waals surface area contributed by atoms with Crippen LogP contribution in [0.15, 0.2) is 18.3 Å². The highest BCUT2D eigenvalue weighted by Crippen LogP contribution is 2.11. The zero-order chi connectivity index (χ0) is 20.1. The molecule has 0 atom stereocenters. The number of unbranched alkanes of at least 4 members (excludes halogenated alkanes) is 1. The predicted octanol–water partition coefficient (Wildman–Crippen LogP) is 0.973. The van der Waals surface area contributed by atoms with Crippen molar-refractivity contribution in [1.29, 1.82) is 0 Å². The van der Waals surface area contributed by atoms with Gasteiger partial charge in [0.15, 0.2) is 0 Å². The molecule has 0 saturated heterocycles. The van der Waals surface area contributed by atoms with Crippen molar-refractivity contribution < 1.29 is 24.0 Å². The Hall–Kier alpha value is -2.73. The standard InChI is InChI=1S/C15H21N5O6S/c1-26-15(23)12(21)4-2-3-5-14(22)16-8-9-27-19-18-13-7-6-11(10-17-13)20(24)25/h6-7,10,19H,2-5,8-9H2,1H3,(H,16,22)(H,17,18). The van der Waals surface area contributed by atoms with Gasteiger partial charge in [0, 0.05) is 31.2 Å². The summed E-state index contributed by atoms with van der Waals surface area (Å²) in [5.41, 5.74) is 2.67. The number of hydrogen-bond donors (Lipinski definition) is 3. The van der Waals surface area contributed by atoms with Crippen molar-refractivity contribution in [3.05, 3.63) is 28.4 Å². The second-order valence-corrected chi connectivity index (χ2v) is 6.11. The van der Waals surface area contributed by atoms with E-state index in [1.807, 2.05) is 0 Å². The Bertz CT molecular complexity index is 655. The minimum absolute atomic E-state index is 0.0715. The van der Waals surface area contributed by atoms with Crippen LogP contribution in [0.3, 0.4) is 0 Å². The number of Topliss-reactive ketones (excluding diaryl/α,β-unsaturated/α-hetero) is 1. The summed E-state index contributed by atoms with van der Waals surface area (Å²) in [6.07, 6.45) is 2.45. The van der Waals surface area contributed by atoms with Gasteiger partial charge in [-0.05, 0) is 18.9 Å². The van der Waals surface area contributed by atoms with Crippen molar-refractivity contribution in [2.24, 2.45) is 0 Å². The molecule has 0 bridgehead atoms. The summed E-state index contributed by atoms with van der Waals surface area (Å²) in [5.74, 6) is -0.575. The van der Waals surface area contributed by atoms with Gasteiger partial charge in [-0.1, -0.05) is 11.9 Å². The molecule has 1 heterocycles. The van der Waals surface area contributed by atoms with Crippen molar-refractivity contribution in [1.82, 2.24) is 15.1 Å². The maximum atomic E-state index is 11.6. The Morgan fingerprint density at radius 1 is 1.26 bits per heavy atom. The van der Waals surface area contributed by atoms with E-state index in [0.29, 0.717) is 31.0 Å². The van der Waals surface area contributed by atoms with E-state index < -0.39 is 16.7 Å². The smallest absolute Gasteiger partial charge is 0.374 e. The van der Waals surface area contributed by atoms with E-state index in [9.17, 15) is 24.5 Å². The Balaban J connectivity index is 2.02. The van der Waals surface area contributed by atoms with Gasteiger partial charge in [-0.2, -0.15) is 4.83 Å². The number of anilines is 1. The molecule has 0 aliphatic rings. The summed E-state index contributed by atoms with van der Waals surface area (Å²) in [6.45, 7) is 0.437. The number of nitrogens with zero attached hydrogens (tertiary/aromatic N) is 2. The van der Waals surface area contributed by atoms with Crippen molar-refractivity contribution in [3.8, 4) is 0 Å². The number of nitro groups is 1. The van der Waals surface area contributed by atoms with E-state index in [2.05, 4.69) is 25.3 Å². The minimum atomic E-state index is -0.860. The molecule has 12 heteroatoms.